The highest BCUT2D eigenvalue weighted by atomic mass is 16.4. The third-order valence-corrected chi connectivity index (χ3v) is 13.2. The number of hydrogen-bond acceptors (Lipinski definition) is 2. The maximum atomic E-state index is 13.5. The number of hydrogen-bond donors (Lipinski definition) is 2. The number of carboxylic acid groups (broad SMARTS) is 1. The van der Waals surface area contributed by atoms with E-state index in [1.54, 1.807) is 0 Å². The van der Waals surface area contributed by atoms with Crippen LogP contribution in [0, 0.1) is 56.7 Å². The summed E-state index contributed by atoms with van der Waals surface area (Å²) in [7, 11) is 0. The quantitative estimate of drug-likeness (QED) is 0.414. The lowest BCUT2D eigenvalue weighted by atomic mass is 9.33. The monoisotopic (exact) mass is 456 g/mol. The molecule has 0 saturated heterocycles. The minimum absolute atomic E-state index is 0.0897. The minimum Gasteiger partial charge on any atom is -0.481 e. The molecule has 186 valence electrons. The molecule has 5 rings (SSSR count). The third-order valence-electron chi connectivity index (χ3n) is 13.2. The van der Waals surface area contributed by atoms with Crippen LogP contribution in [0.5, 0.6) is 0 Å². The third kappa shape index (κ3) is 2.75. The van der Waals surface area contributed by atoms with Gasteiger partial charge in [-0.2, -0.15) is 0 Å². The summed E-state index contributed by atoms with van der Waals surface area (Å²) in [4.78, 5) is 13.5. The van der Waals surface area contributed by atoms with Gasteiger partial charge in [-0.15, -0.1) is 0 Å². The average molecular weight is 457 g/mol. The number of allylic oxidation sites excluding steroid dienone is 1. The van der Waals surface area contributed by atoms with Crippen molar-refractivity contribution in [2.24, 2.45) is 56.7 Å². The molecule has 0 radical (unpaired) electrons. The fourth-order valence-corrected chi connectivity index (χ4v) is 11.0. The second-order valence-corrected chi connectivity index (χ2v) is 14.6. The molecule has 0 amide bonds. The van der Waals surface area contributed by atoms with Gasteiger partial charge in [-0.25, -0.2) is 0 Å². The lowest BCUT2D eigenvalue weighted by Gasteiger charge is -2.70. The molecular weight excluding hydrogens is 408 g/mol. The molecule has 0 bridgehead atoms. The standard InChI is InChI=1S/C30H48O3/c1-18-10-13-27(5)16-17-30(25(32)33)20(24(27)19(18)2)8-9-22-28(6)14-12-23(31)26(3,4)21(28)11-15-29(22,30)7/h8,18-19,21-24,31H,9-17H2,1-7H3,(H,32,33)/t18-,19+,21?,22-,23+,24-,27-,28+,29-,30-/m1/s1. The average Bonchev–Trinajstić information content (AvgIpc) is 2.73. The molecule has 0 spiro atoms. The summed E-state index contributed by atoms with van der Waals surface area (Å²) in [6.45, 7) is 16.6. The number of rotatable bonds is 1. The molecule has 4 saturated carbocycles. The van der Waals surface area contributed by atoms with E-state index in [-0.39, 0.29) is 27.8 Å². The fourth-order valence-electron chi connectivity index (χ4n) is 11.0. The number of aliphatic carboxylic acids is 1. The van der Waals surface area contributed by atoms with Gasteiger partial charge in [0.15, 0.2) is 0 Å². The van der Waals surface area contributed by atoms with E-state index in [1.807, 2.05) is 0 Å². The summed E-state index contributed by atoms with van der Waals surface area (Å²) in [5.41, 5.74) is 0.615. The summed E-state index contributed by atoms with van der Waals surface area (Å²) in [5, 5.41) is 22.0. The first kappa shape index (κ1) is 23.9. The van der Waals surface area contributed by atoms with Gasteiger partial charge in [0.1, 0.15) is 0 Å². The minimum atomic E-state index is -0.723. The highest BCUT2D eigenvalue weighted by Crippen LogP contribution is 2.75. The van der Waals surface area contributed by atoms with E-state index in [0.29, 0.717) is 29.6 Å². The van der Waals surface area contributed by atoms with Crippen LogP contribution >= 0.6 is 0 Å². The van der Waals surface area contributed by atoms with Gasteiger partial charge in [-0.3, -0.25) is 4.79 Å². The van der Waals surface area contributed by atoms with Crippen LogP contribution in [0.15, 0.2) is 11.6 Å². The largest absolute Gasteiger partial charge is 0.481 e. The number of carboxylic acids is 1. The van der Waals surface area contributed by atoms with Crippen LogP contribution in [0.1, 0.15) is 106 Å². The van der Waals surface area contributed by atoms with Gasteiger partial charge in [0.2, 0.25) is 0 Å². The first-order chi connectivity index (χ1) is 15.3. The van der Waals surface area contributed by atoms with Crippen molar-refractivity contribution in [2.75, 3.05) is 0 Å². The Hall–Kier alpha value is -0.830. The summed E-state index contributed by atoms with van der Waals surface area (Å²) >= 11 is 0. The molecule has 0 aromatic rings. The molecule has 0 aromatic heterocycles. The Kier molecular flexibility index (Phi) is 5.15. The number of aliphatic hydroxyl groups is 1. The zero-order valence-corrected chi connectivity index (χ0v) is 22.2. The second-order valence-electron chi connectivity index (χ2n) is 14.6. The van der Waals surface area contributed by atoms with E-state index < -0.39 is 11.4 Å². The molecule has 1 unspecified atom stereocenters. The van der Waals surface area contributed by atoms with Crippen LogP contribution in [0.25, 0.3) is 0 Å². The Labute approximate surface area is 201 Å². The zero-order chi connectivity index (χ0) is 24.2. The maximum absolute atomic E-state index is 13.5. The smallest absolute Gasteiger partial charge is 0.314 e. The van der Waals surface area contributed by atoms with Gasteiger partial charge in [0.25, 0.3) is 0 Å². The summed E-state index contributed by atoms with van der Waals surface area (Å²) in [6.07, 6.45) is 11.5. The van der Waals surface area contributed by atoms with Gasteiger partial charge in [0, 0.05) is 0 Å². The molecule has 0 aromatic carbocycles. The first-order valence-corrected chi connectivity index (χ1v) is 13.9. The van der Waals surface area contributed by atoms with Crippen molar-refractivity contribution in [3.8, 4) is 0 Å². The molecule has 4 fully saturated rings. The van der Waals surface area contributed by atoms with Gasteiger partial charge < -0.3 is 10.2 Å². The molecule has 0 heterocycles. The van der Waals surface area contributed by atoms with Gasteiger partial charge >= 0.3 is 5.97 Å². The Morgan fingerprint density at radius 2 is 1.61 bits per heavy atom. The van der Waals surface area contributed by atoms with Crippen molar-refractivity contribution in [3.05, 3.63) is 11.6 Å². The van der Waals surface area contributed by atoms with Crippen molar-refractivity contribution in [1.82, 2.24) is 0 Å². The van der Waals surface area contributed by atoms with E-state index in [1.165, 1.54) is 18.4 Å². The van der Waals surface area contributed by atoms with E-state index in [4.69, 9.17) is 0 Å². The maximum Gasteiger partial charge on any atom is 0.314 e. The molecule has 5 aliphatic carbocycles. The van der Waals surface area contributed by atoms with E-state index in [9.17, 15) is 15.0 Å². The van der Waals surface area contributed by atoms with Crippen molar-refractivity contribution >= 4 is 5.97 Å². The van der Waals surface area contributed by atoms with Crippen molar-refractivity contribution in [2.45, 2.75) is 112 Å². The molecule has 3 heteroatoms. The Morgan fingerprint density at radius 3 is 2.27 bits per heavy atom. The van der Waals surface area contributed by atoms with Crippen molar-refractivity contribution in [3.63, 3.8) is 0 Å². The van der Waals surface area contributed by atoms with Crippen LogP contribution in [0.4, 0.5) is 0 Å². The summed E-state index contributed by atoms with van der Waals surface area (Å²) in [6, 6.07) is 0. The molecule has 10 atom stereocenters. The first-order valence-electron chi connectivity index (χ1n) is 13.9. The lowest BCUT2D eigenvalue weighted by Crippen LogP contribution is -2.67. The highest BCUT2D eigenvalue weighted by Gasteiger charge is 2.71. The summed E-state index contributed by atoms with van der Waals surface area (Å²) in [5.74, 6) is 1.88. The van der Waals surface area contributed by atoms with Crippen LogP contribution < -0.4 is 0 Å². The summed E-state index contributed by atoms with van der Waals surface area (Å²) < 4.78 is 0. The molecular formula is C30H48O3. The molecule has 2 N–H and O–H groups in total. The predicted octanol–water partition coefficient (Wildman–Crippen LogP) is 7.09. The van der Waals surface area contributed by atoms with E-state index in [0.717, 1.165) is 44.9 Å². The normalized spacial score (nSPS) is 55.3. The highest BCUT2D eigenvalue weighted by molar-refractivity contribution is 5.81. The molecule has 0 aliphatic heterocycles. The van der Waals surface area contributed by atoms with Crippen molar-refractivity contribution in [1.29, 1.82) is 0 Å². The van der Waals surface area contributed by atoms with E-state index in [2.05, 4.69) is 54.5 Å². The molecule has 33 heavy (non-hydrogen) atoms. The molecule has 3 nitrogen and oxygen atoms in total. The topological polar surface area (TPSA) is 57.5 Å². The van der Waals surface area contributed by atoms with E-state index >= 15 is 0 Å². The van der Waals surface area contributed by atoms with Gasteiger partial charge in [-0.1, -0.05) is 60.1 Å². The van der Waals surface area contributed by atoms with Crippen LogP contribution in [0.2, 0.25) is 0 Å². The number of carbonyl (C=O) groups is 1. The van der Waals surface area contributed by atoms with Crippen LogP contribution in [-0.4, -0.2) is 22.3 Å². The van der Waals surface area contributed by atoms with Gasteiger partial charge in [0.05, 0.1) is 11.5 Å². The lowest BCUT2D eigenvalue weighted by molar-refractivity contribution is -0.214. The van der Waals surface area contributed by atoms with Crippen molar-refractivity contribution < 1.29 is 15.0 Å². The van der Waals surface area contributed by atoms with Crippen LogP contribution in [-0.2, 0) is 4.79 Å². The number of fused-ring (bicyclic) bond motifs is 7. The zero-order valence-electron chi connectivity index (χ0n) is 22.2. The number of aliphatic hydroxyl groups excluding tert-OH is 1. The SMILES string of the molecule is C[C@H]1[C@H](C)CC[C@]2(C)CC[C@]3(C(=O)O)C(=CC[C@@H]4[C@@]5(C)CC[C@H](O)C(C)(C)C5CC[C@]43C)[C@@H]12. The second kappa shape index (κ2) is 7.11. The van der Waals surface area contributed by atoms with Gasteiger partial charge in [-0.05, 0) is 109 Å². The Bertz CT molecular complexity index is 874. The van der Waals surface area contributed by atoms with Crippen LogP contribution in [0.3, 0.4) is 0 Å². The molecule has 5 aliphatic rings. The fraction of sp³-hybridized carbons (Fsp3) is 0.900. The Morgan fingerprint density at radius 1 is 0.909 bits per heavy atom. The Balaban J connectivity index is 1.66. The predicted molar refractivity (Wildman–Crippen MR) is 133 cm³/mol.